The van der Waals surface area contributed by atoms with Gasteiger partial charge in [0.2, 0.25) is 5.91 Å². The summed E-state index contributed by atoms with van der Waals surface area (Å²) in [5.74, 6) is 0.271. The number of alkyl halides is 2. The fraction of sp³-hybridized carbons (Fsp3) is 0.462. The quantitative estimate of drug-likeness (QED) is 0.827. The standard InChI is InChI=1S/C13H16F2N2O3/c1-19-10-3-2-8(4-11(10)20-13(14)15)6-16-9-5-12(18)17-7-9/h2-4,9,13,16H,5-7H2,1H3,(H,17,18). The van der Waals surface area contributed by atoms with Crippen molar-refractivity contribution in [3.8, 4) is 11.5 Å². The zero-order valence-electron chi connectivity index (χ0n) is 11.0. The molecule has 0 aromatic heterocycles. The Bertz CT molecular complexity index is 483. The summed E-state index contributed by atoms with van der Waals surface area (Å²) in [6.45, 7) is -1.86. The molecule has 0 spiro atoms. The van der Waals surface area contributed by atoms with Crippen LogP contribution in [0.25, 0.3) is 0 Å². The van der Waals surface area contributed by atoms with Crippen LogP contribution in [0.1, 0.15) is 12.0 Å². The van der Waals surface area contributed by atoms with Gasteiger partial charge in [0.1, 0.15) is 0 Å². The van der Waals surface area contributed by atoms with Gasteiger partial charge in [0.15, 0.2) is 11.5 Å². The molecule has 5 nitrogen and oxygen atoms in total. The maximum Gasteiger partial charge on any atom is 0.387 e. The number of nitrogens with one attached hydrogen (secondary N) is 2. The van der Waals surface area contributed by atoms with E-state index in [0.29, 0.717) is 19.5 Å². The number of carbonyl (C=O) groups excluding carboxylic acids is 1. The van der Waals surface area contributed by atoms with E-state index < -0.39 is 6.61 Å². The molecule has 1 aliphatic heterocycles. The summed E-state index contributed by atoms with van der Waals surface area (Å²) in [4.78, 5) is 11.1. The summed E-state index contributed by atoms with van der Waals surface area (Å²) in [5.41, 5.74) is 0.779. The molecule has 20 heavy (non-hydrogen) atoms. The fourth-order valence-electron chi connectivity index (χ4n) is 2.03. The number of hydrogen-bond donors (Lipinski definition) is 2. The Labute approximate surface area is 115 Å². The van der Waals surface area contributed by atoms with E-state index in [1.54, 1.807) is 12.1 Å². The Hall–Kier alpha value is -1.89. The Morgan fingerprint density at radius 2 is 2.25 bits per heavy atom. The average molecular weight is 286 g/mol. The number of rotatable bonds is 6. The molecule has 1 aliphatic rings. The Balaban J connectivity index is 1.99. The smallest absolute Gasteiger partial charge is 0.387 e. The Kier molecular flexibility index (Phi) is 4.73. The van der Waals surface area contributed by atoms with Gasteiger partial charge >= 0.3 is 6.61 Å². The second-order valence-electron chi connectivity index (χ2n) is 4.45. The van der Waals surface area contributed by atoms with E-state index >= 15 is 0 Å². The fourth-order valence-corrected chi connectivity index (χ4v) is 2.03. The van der Waals surface area contributed by atoms with Crippen molar-refractivity contribution in [2.75, 3.05) is 13.7 Å². The summed E-state index contributed by atoms with van der Waals surface area (Å²) < 4.78 is 34.0. The van der Waals surface area contributed by atoms with Crippen LogP contribution in [0.15, 0.2) is 18.2 Å². The van der Waals surface area contributed by atoms with E-state index in [4.69, 9.17) is 4.74 Å². The highest BCUT2D eigenvalue weighted by molar-refractivity contribution is 5.78. The van der Waals surface area contributed by atoms with Gasteiger partial charge in [-0.15, -0.1) is 0 Å². The first-order chi connectivity index (χ1) is 9.58. The minimum absolute atomic E-state index is 0.00224. The predicted octanol–water partition coefficient (Wildman–Crippen LogP) is 1.27. The van der Waals surface area contributed by atoms with Crippen LogP contribution >= 0.6 is 0 Å². The molecule has 2 rings (SSSR count). The molecule has 0 saturated carbocycles. The Morgan fingerprint density at radius 3 is 2.85 bits per heavy atom. The number of ether oxygens (including phenoxy) is 2. The Morgan fingerprint density at radius 1 is 1.45 bits per heavy atom. The predicted molar refractivity (Wildman–Crippen MR) is 67.9 cm³/mol. The monoisotopic (exact) mass is 286 g/mol. The van der Waals surface area contributed by atoms with Gasteiger partial charge in [-0.1, -0.05) is 6.07 Å². The largest absolute Gasteiger partial charge is 0.493 e. The maximum absolute atomic E-state index is 12.3. The summed E-state index contributed by atoms with van der Waals surface area (Å²) in [6.07, 6.45) is 0.427. The third-order valence-electron chi connectivity index (χ3n) is 3.02. The highest BCUT2D eigenvalue weighted by Crippen LogP contribution is 2.29. The molecule has 1 atom stereocenters. The van der Waals surface area contributed by atoms with Gasteiger partial charge in [0, 0.05) is 25.6 Å². The van der Waals surface area contributed by atoms with E-state index in [0.717, 1.165) is 5.56 Å². The molecule has 1 amide bonds. The van der Waals surface area contributed by atoms with E-state index in [-0.39, 0.29) is 23.4 Å². The molecular formula is C13H16F2N2O3. The van der Waals surface area contributed by atoms with E-state index in [1.807, 2.05) is 0 Å². The van der Waals surface area contributed by atoms with Crippen molar-refractivity contribution in [1.82, 2.24) is 10.6 Å². The molecule has 1 fully saturated rings. The first-order valence-corrected chi connectivity index (χ1v) is 6.20. The number of carbonyl (C=O) groups is 1. The first kappa shape index (κ1) is 14.5. The first-order valence-electron chi connectivity index (χ1n) is 6.20. The van der Waals surface area contributed by atoms with Crippen molar-refractivity contribution in [1.29, 1.82) is 0 Å². The van der Waals surface area contributed by atoms with Gasteiger partial charge in [-0.25, -0.2) is 0 Å². The van der Waals surface area contributed by atoms with Gasteiger partial charge < -0.3 is 20.1 Å². The molecule has 1 aromatic rings. The number of benzene rings is 1. The van der Waals surface area contributed by atoms with Gasteiger partial charge in [-0.2, -0.15) is 8.78 Å². The lowest BCUT2D eigenvalue weighted by atomic mass is 10.1. The van der Waals surface area contributed by atoms with Crippen molar-refractivity contribution < 1.29 is 23.0 Å². The molecular weight excluding hydrogens is 270 g/mol. The lowest BCUT2D eigenvalue weighted by molar-refractivity contribution is -0.119. The molecule has 2 N–H and O–H groups in total. The van der Waals surface area contributed by atoms with E-state index in [1.165, 1.54) is 13.2 Å². The van der Waals surface area contributed by atoms with Crippen LogP contribution in [-0.2, 0) is 11.3 Å². The topological polar surface area (TPSA) is 59.6 Å². The molecule has 1 saturated heterocycles. The lowest BCUT2D eigenvalue weighted by Crippen LogP contribution is -2.30. The SMILES string of the molecule is COc1ccc(CNC2CNC(=O)C2)cc1OC(F)F. The number of hydrogen-bond acceptors (Lipinski definition) is 4. The maximum atomic E-state index is 12.3. The number of amides is 1. The van der Waals surface area contributed by atoms with Gasteiger partial charge in [0.05, 0.1) is 7.11 Å². The molecule has 7 heteroatoms. The van der Waals surface area contributed by atoms with Crippen LogP contribution in [0, 0.1) is 0 Å². The minimum atomic E-state index is -2.90. The van der Waals surface area contributed by atoms with Crippen LogP contribution in [0.3, 0.4) is 0 Å². The molecule has 0 radical (unpaired) electrons. The molecule has 0 bridgehead atoms. The molecule has 110 valence electrons. The van der Waals surface area contributed by atoms with Crippen molar-refractivity contribution in [2.24, 2.45) is 0 Å². The van der Waals surface area contributed by atoms with E-state index in [2.05, 4.69) is 15.4 Å². The highest BCUT2D eigenvalue weighted by Gasteiger charge is 2.20. The third-order valence-corrected chi connectivity index (χ3v) is 3.02. The second-order valence-corrected chi connectivity index (χ2v) is 4.45. The van der Waals surface area contributed by atoms with Crippen LogP contribution in [0.2, 0.25) is 0 Å². The summed E-state index contributed by atoms with van der Waals surface area (Å²) in [6, 6.07) is 4.90. The normalized spacial score (nSPS) is 18.2. The summed E-state index contributed by atoms with van der Waals surface area (Å²) >= 11 is 0. The average Bonchev–Trinajstić information content (AvgIpc) is 2.82. The van der Waals surface area contributed by atoms with Crippen molar-refractivity contribution in [3.63, 3.8) is 0 Å². The molecule has 1 unspecified atom stereocenters. The van der Waals surface area contributed by atoms with Crippen LogP contribution in [0.4, 0.5) is 8.78 Å². The number of halogens is 2. The highest BCUT2D eigenvalue weighted by atomic mass is 19.3. The third kappa shape index (κ3) is 3.80. The van der Waals surface area contributed by atoms with Crippen molar-refractivity contribution >= 4 is 5.91 Å². The van der Waals surface area contributed by atoms with Gasteiger partial charge in [-0.3, -0.25) is 4.79 Å². The lowest BCUT2D eigenvalue weighted by Gasteiger charge is -2.13. The van der Waals surface area contributed by atoms with Crippen LogP contribution in [0.5, 0.6) is 11.5 Å². The second kappa shape index (κ2) is 6.51. The molecule has 0 aliphatic carbocycles. The summed E-state index contributed by atoms with van der Waals surface area (Å²) in [5, 5.41) is 5.90. The van der Waals surface area contributed by atoms with Crippen LogP contribution < -0.4 is 20.1 Å². The van der Waals surface area contributed by atoms with Crippen molar-refractivity contribution in [2.45, 2.75) is 25.6 Å². The zero-order chi connectivity index (χ0) is 14.5. The van der Waals surface area contributed by atoms with E-state index in [9.17, 15) is 13.6 Å². The minimum Gasteiger partial charge on any atom is -0.493 e. The van der Waals surface area contributed by atoms with Crippen LogP contribution in [-0.4, -0.2) is 32.2 Å². The van der Waals surface area contributed by atoms with Gasteiger partial charge in [-0.05, 0) is 17.7 Å². The summed E-state index contributed by atoms with van der Waals surface area (Å²) in [7, 11) is 1.39. The molecule has 1 aromatic carbocycles. The van der Waals surface area contributed by atoms with Crippen molar-refractivity contribution in [3.05, 3.63) is 23.8 Å². The molecule has 1 heterocycles. The zero-order valence-corrected chi connectivity index (χ0v) is 11.0. The number of methoxy groups -OCH3 is 1. The van der Waals surface area contributed by atoms with Gasteiger partial charge in [0.25, 0.3) is 0 Å².